The molecule has 2 aliphatic heterocycles. The number of amides is 2. The van der Waals surface area contributed by atoms with Crippen molar-refractivity contribution in [2.24, 2.45) is 0 Å². The zero-order valence-corrected chi connectivity index (χ0v) is 18.8. The third kappa shape index (κ3) is 4.02. The Hall–Kier alpha value is -2.78. The number of alkyl halides is 1. The topological polar surface area (TPSA) is 61.7 Å². The van der Waals surface area contributed by atoms with Crippen LogP contribution in [0, 0.1) is 0 Å². The van der Waals surface area contributed by atoms with Crippen molar-refractivity contribution in [3.05, 3.63) is 52.6 Å². The number of fused-ring (bicyclic) bond motifs is 1. The number of carbonyl (C=O) groups excluding carboxylic acids is 2. The Morgan fingerprint density at radius 3 is 2.59 bits per heavy atom. The van der Waals surface area contributed by atoms with Gasteiger partial charge in [0.25, 0.3) is 11.8 Å². The van der Waals surface area contributed by atoms with E-state index >= 15 is 0 Å². The predicted octanol–water partition coefficient (Wildman–Crippen LogP) is 2.74. The number of likely N-dealkylation sites (tertiary alicyclic amines) is 1. The summed E-state index contributed by atoms with van der Waals surface area (Å²) in [6, 6.07) is 7.90. The van der Waals surface area contributed by atoms with Crippen LogP contribution in [0.4, 0.5) is 4.39 Å². The Bertz CT molecular complexity index is 1110. The fourth-order valence-electron chi connectivity index (χ4n) is 4.55. The highest BCUT2D eigenvalue weighted by atomic mass is 32.1. The number of thiazole rings is 1. The lowest BCUT2D eigenvalue weighted by Crippen LogP contribution is -2.64. The van der Waals surface area contributed by atoms with Crippen molar-refractivity contribution >= 4 is 34.1 Å². The fourth-order valence-corrected chi connectivity index (χ4v) is 5.15. The van der Waals surface area contributed by atoms with Crippen molar-refractivity contribution in [1.82, 2.24) is 24.3 Å². The van der Waals surface area contributed by atoms with E-state index in [1.54, 1.807) is 13.1 Å². The first kappa shape index (κ1) is 21.1. The largest absolute Gasteiger partial charge is 0.345 e. The average Bonchev–Trinajstić information content (AvgIpc) is 3.42. The molecule has 0 radical (unpaired) electrons. The summed E-state index contributed by atoms with van der Waals surface area (Å²) in [7, 11) is 0. The van der Waals surface area contributed by atoms with Crippen molar-refractivity contribution in [2.45, 2.75) is 25.7 Å². The van der Waals surface area contributed by atoms with Crippen LogP contribution < -0.4 is 0 Å². The Morgan fingerprint density at radius 1 is 1.12 bits per heavy atom. The first-order chi connectivity index (χ1) is 15.5. The molecule has 2 aliphatic rings. The van der Waals surface area contributed by atoms with E-state index < -0.39 is 6.17 Å². The van der Waals surface area contributed by atoms with Gasteiger partial charge in [-0.1, -0.05) is 0 Å². The summed E-state index contributed by atoms with van der Waals surface area (Å²) in [5.74, 6) is 0.0441. The standard InChI is InChI=1S/C23H26FN5O2S/c1-16(24)13-28-6-4-17-12-18(2-3-20(17)28)22(30)29-14-19(15-29)26-7-9-27(10-8-26)23(31)21-25-5-11-32-21/h2-6,11-12,16,19H,7-10,13-15H2,1H3. The molecular weight excluding hydrogens is 429 g/mol. The number of halogens is 1. The van der Waals surface area contributed by atoms with Gasteiger partial charge in [-0.3, -0.25) is 14.5 Å². The van der Waals surface area contributed by atoms with Crippen LogP contribution in [0.3, 0.4) is 0 Å². The van der Waals surface area contributed by atoms with E-state index in [1.807, 2.05) is 50.2 Å². The highest BCUT2D eigenvalue weighted by molar-refractivity contribution is 7.11. The van der Waals surface area contributed by atoms with Gasteiger partial charge in [0.15, 0.2) is 5.01 Å². The van der Waals surface area contributed by atoms with Crippen LogP contribution in [0.2, 0.25) is 0 Å². The molecule has 5 rings (SSSR count). The molecule has 2 aromatic heterocycles. The lowest BCUT2D eigenvalue weighted by molar-refractivity contribution is 0.00854. The van der Waals surface area contributed by atoms with E-state index in [2.05, 4.69) is 9.88 Å². The number of benzene rings is 1. The van der Waals surface area contributed by atoms with Crippen LogP contribution in [0.1, 0.15) is 27.1 Å². The van der Waals surface area contributed by atoms with Crippen LogP contribution in [0.25, 0.3) is 10.9 Å². The minimum absolute atomic E-state index is 0.00950. The Kier molecular flexibility index (Phi) is 5.69. The van der Waals surface area contributed by atoms with E-state index in [1.165, 1.54) is 11.3 Å². The molecule has 1 aromatic carbocycles. The third-order valence-electron chi connectivity index (χ3n) is 6.35. The Morgan fingerprint density at radius 2 is 1.91 bits per heavy atom. The number of hydrogen-bond acceptors (Lipinski definition) is 5. The maximum absolute atomic E-state index is 13.4. The second-order valence-electron chi connectivity index (χ2n) is 8.55. The highest BCUT2D eigenvalue weighted by Gasteiger charge is 2.37. The first-order valence-corrected chi connectivity index (χ1v) is 11.8. The Balaban J connectivity index is 1.15. The van der Waals surface area contributed by atoms with E-state index in [4.69, 9.17) is 0 Å². The van der Waals surface area contributed by atoms with Crippen LogP contribution in [0.5, 0.6) is 0 Å². The van der Waals surface area contributed by atoms with Crippen molar-refractivity contribution in [3.8, 4) is 0 Å². The normalized spacial score (nSPS) is 18.7. The van der Waals surface area contributed by atoms with Crippen molar-refractivity contribution in [1.29, 1.82) is 0 Å². The number of hydrogen-bond donors (Lipinski definition) is 0. The molecule has 0 aliphatic carbocycles. The SMILES string of the molecule is CC(F)Cn1ccc2cc(C(=O)N3CC(N4CCN(C(=O)c5nccs5)CC4)C3)ccc21. The van der Waals surface area contributed by atoms with Crippen molar-refractivity contribution in [2.75, 3.05) is 39.3 Å². The molecule has 2 amide bonds. The third-order valence-corrected chi connectivity index (χ3v) is 7.11. The van der Waals surface area contributed by atoms with E-state index in [0.29, 0.717) is 49.3 Å². The molecule has 0 saturated carbocycles. The van der Waals surface area contributed by atoms with Crippen LogP contribution in [0.15, 0.2) is 42.0 Å². The lowest BCUT2D eigenvalue weighted by Gasteiger charge is -2.48. The molecule has 2 saturated heterocycles. The molecule has 7 nitrogen and oxygen atoms in total. The maximum Gasteiger partial charge on any atom is 0.282 e. The molecule has 168 valence electrons. The smallest absolute Gasteiger partial charge is 0.282 e. The van der Waals surface area contributed by atoms with Crippen LogP contribution in [-0.4, -0.2) is 87.5 Å². The molecule has 1 unspecified atom stereocenters. The molecule has 4 heterocycles. The Labute approximate surface area is 190 Å². The summed E-state index contributed by atoms with van der Waals surface area (Å²) in [4.78, 5) is 35.6. The second-order valence-corrected chi connectivity index (χ2v) is 9.45. The summed E-state index contributed by atoms with van der Waals surface area (Å²) in [6.07, 6.45) is 2.61. The molecule has 32 heavy (non-hydrogen) atoms. The minimum Gasteiger partial charge on any atom is -0.345 e. The average molecular weight is 456 g/mol. The molecule has 3 aromatic rings. The van der Waals surface area contributed by atoms with Gasteiger partial charge in [0.05, 0.1) is 6.54 Å². The van der Waals surface area contributed by atoms with Gasteiger partial charge in [-0.15, -0.1) is 11.3 Å². The van der Waals surface area contributed by atoms with Gasteiger partial charge in [0.2, 0.25) is 0 Å². The van der Waals surface area contributed by atoms with Gasteiger partial charge in [0, 0.05) is 79.6 Å². The molecule has 0 bridgehead atoms. The van der Waals surface area contributed by atoms with Gasteiger partial charge >= 0.3 is 0 Å². The molecule has 0 N–H and O–H groups in total. The van der Waals surface area contributed by atoms with E-state index in [9.17, 15) is 14.0 Å². The summed E-state index contributed by atoms with van der Waals surface area (Å²) < 4.78 is 15.2. The summed E-state index contributed by atoms with van der Waals surface area (Å²) in [5.41, 5.74) is 1.61. The van der Waals surface area contributed by atoms with Gasteiger partial charge < -0.3 is 14.4 Å². The van der Waals surface area contributed by atoms with Crippen molar-refractivity contribution in [3.63, 3.8) is 0 Å². The first-order valence-electron chi connectivity index (χ1n) is 10.9. The summed E-state index contributed by atoms with van der Waals surface area (Å²) in [5, 5.41) is 3.32. The monoisotopic (exact) mass is 455 g/mol. The molecule has 1 atom stereocenters. The molecule has 0 spiro atoms. The number of piperazine rings is 1. The maximum atomic E-state index is 13.4. The number of rotatable bonds is 5. The van der Waals surface area contributed by atoms with Gasteiger partial charge in [-0.05, 0) is 31.2 Å². The summed E-state index contributed by atoms with van der Waals surface area (Å²) >= 11 is 1.38. The van der Waals surface area contributed by atoms with Crippen LogP contribution >= 0.6 is 11.3 Å². The van der Waals surface area contributed by atoms with E-state index in [-0.39, 0.29) is 11.8 Å². The van der Waals surface area contributed by atoms with E-state index in [0.717, 1.165) is 24.0 Å². The van der Waals surface area contributed by atoms with Gasteiger partial charge in [-0.2, -0.15) is 0 Å². The predicted molar refractivity (Wildman–Crippen MR) is 122 cm³/mol. The minimum atomic E-state index is -0.919. The van der Waals surface area contributed by atoms with Crippen molar-refractivity contribution < 1.29 is 14.0 Å². The van der Waals surface area contributed by atoms with Crippen LogP contribution in [-0.2, 0) is 6.54 Å². The number of nitrogens with zero attached hydrogens (tertiary/aromatic N) is 5. The summed E-state index contributed by atoms with van der Waals surface area (Å²) in [6.45, 7) is 6.28. The zero-order chi connectivity index (χ0) is 22.2. The fraction of sp³-hybridized carbons (Fsp3) is 0.435. The molecule has 2 fully saturated rings. The lowest BCUT2D eigenvalue weighted by atomic mass is 10.0. The second kappa shape index (κ2) is 8.63. The highest BCUT2D eigenvalue weighted by Crippen LogP contribution is 2.23. The van der Waals surface area contributed by atoms with Gasteiger partial charge in [-0.25, -0.2) is 9.37 Å². The quantitative estimate of drug-likeness (QED) is 0.594. The molecular formula is C23H26FN5O2S. The number of carbonyl (C=O) groups is 2. The molecule has 9 heteroatoms. The zero-order valence-electron chi connectivity index (χ0n) is 18.0. The van der Waals surface area contributed by atoms with Gasteiger partial charge in [0.1, 0.15) is 6.17 Å². The number of aromatic nitrogens is 2.